The van der Waals surface area contributed by atoms with Crippen LogP contribution in [-0.4, -0.2) is 28.9 Å². The average Bonchev–Trinajstić information content (AvgIpc) is 1.76. The summed E-state index contributed by atoms with van der Waals surface area (Å²) in [4.78, 5) is 2.86. The fraction of sp³-hybridized carbons (Fsp3) is 0. The molecule has 3 heteroatoms. The number of rotatable bonds is 0. The van der Waals surface area contributed by atoms with Gasteiger partial charge in [-0.25, -0.2) is 0 Å². The predicted molar refractivity (Wildman–Crippen MR) is 36.6 cm³/mol. The van der Waals surface area contributed by atoms with E-state index in [1.54, 1.807) is 0 Å². The Kier molecular flexibility index (Phi) is 9.43. The number of halogens is 1. The quantitative estimate of drug-likeness (QED) is 0.618. The fourth-order valence-corrected chi connectivity index (χ4v) is 0.278. The Bertz CT molecular complexity index is 68.2. The van der Waals surface area contributed by atoms with Gasteiger partial charge in [-0.15, -0.1) is 12.4 Å². The third-order valence-electron chi connectivity index (χ3n) is 0.496. The van der Waals surface area contributed by atoms with Crippen molar-refractivity contribution in [1.82, 2.24) is 4.98 Å². The molecule has 0 fully saturated rings. The van der Waals surface area contributed by atoms with E-state index < -0.39 is 0 Å². The zero-order chi connectivity index (χ0) is 3.54. The standard InChI is InChI=1S/C4H5N.ClH.Sn.2H/c1-2-4-5-3-1;;;;/h1-5H;1H;;;. The molecule has 0 aliphatic heterocycles. The third-order valence-corrected chi connectivity index (χ3v) is 0.496. The first kappa shape index (κ1) is 10.4. The Morgan fingerprint density at radius 1 is 1.00 bits per heavy atom. The molecule has 1 N–H and O–H groups in total. The molecule has 40 valence electrons. The summed E-state index contributed by atoms with van der Waals surface area (Å²) in [5.74, 6) is 0. The maximum atomic E-state index is 2.86. The first-order chi connectivity index (χ1) is 2.50. The Morgan fingerprint density at radius 3 is 1.57 bits per heavy atom. The van der Waals surface area contributed by atoms with Gasteiger partial charge >= 0.3 is 23.9 Å². The normalized spacial score (nSPS) is 5.71. The SMILES string of the molecule is Cl.[SnH2].c1cc[nH]c1. The summed E-state index contributed by atoms with van der Waals surface area (Å²) in [6.45, 7) is 0. The molecule has 0 aliphatic rings. The number of H-pyrrole nitrogens is 1. The molecule has 7 heavy (non-hydrogen) atoms. The molecule has 0 spiro atoms. The van der Waals surface area contributed by atoms with Crippen LogP contribution in [0.1, 0.15) is 0 Å². The number of hydrogen-bond donors (Lipinski definition) is 1. The first-order valence-electron chi connectivity index (χ1n) is 1.58. The second kappa shape index (κ2) is 6.37. The number of aromatic nitrogens is 1. The van der Waals surface area contributed by atoms with E-state index in [9.17, 15) is 0 Å². The summed E-state index contributed by atoms with van der Waals surface area (Å²) >= 11 is 0. The van der Waals surface area contributed by atoms with Crippen LogP contribution >= 0.6 is 12.4 Å². The molecule has 0 saturated carbocycles. The number of hydrogen-bond acceptors (Lipinski definition) is 0. The van der Waals surface area contributed by atoms with Crippen molar-refractivity contribution in [2.75, 3.05) is 0 Å². The first-order valence-corrected chi connectivity index (χ1v) is 1.58. The minimum atomic E-state index is 0. The minimum Gasteiger partial charge on any atom is -0.368 e. The Labute approximate surface area is 65.9 Å². The Balaban J connectivity index is 0. The van der Waals surface area contributed by atoms with Crippen LogP contribution in [-0.2, 0) is 0 Å². The summed E-state index contributed by atoms with van der Waals surface area (Å²) in [5, 5.41) is 0. The van der Waals surface area contributed by atoms with E-state index >= 15 is 0 Å². The van der Waals surface area contributed by atoms with E-state index in [2.05, 4.69) is 4.98 Å². The molecule has 0 saturated heterocycles. The maximum Gasteiger partial charge on any atom is 0.000496 e. The van der Waals surface area contributed by atoms with Crippen LogP contribution < -0.4 is 0 Å². The largest absolute Gasteiger partial charge is 0.368 e. The van der Waals surface area contributed by atoms with Gasteiger partial charge in [-0.05, 0) is 12.1 Å². The van der Waals surface area contributed by atoms with Gasteiger partial charge in [-0.1, -0.05) is 0 Å². The molecule has 0 atom stereocenters. The van der Waals surface area contributed by atoms with Gasteiger partial charge in [0.2, 0.25) is 0 Å². The monoisotopic (exact) mass is 225 g/mol. The van der Waals surface area contributed by atoms with E-state index in [1.165, 1.54) is 0 Å². The van der Waals surface area contributed by atoms with Gasteiger partial charge in [0.25, 0.3) is 0 Å². The molecule has 1 nitrogen and oxygen atoms in total. The number of aromatic amines is 1. The fourth-order valence-electron chi connectivity index (χ4n) is 0.278. The molecule has 0 aliphatic carbocycles. The molecule has 1 rings (SSSR count). The zero-order valence-electron chi connectivity index (χ0n) is 3.92. The van der Waals surface area contributed by atoms with Crippen molar-refractivity contribution in [2.24, 2.45) is 0 Å². The van der Waals surface area contributed by atoms with E-state index in [0.717, 1.165) is 0 Å². The number of nitrogens with one attached hydrogen (secondary N) is 1. The molecule has 1 aromatic heterocycles. The van der Waals surface area contributed by atoms with Gasteiger partial charge in [0.15, 0.2) is 0 Å². The van der Waals surface area contributed by atoms with Crippen molar-refractivity contribution < 1.29 is 0 Å². The van der Waals surface area contributed by atoms with E-state index in [4.69, 9.17) is 0 Å². The second-order valence-corrected chi connectivity index (χ2v) is 0.885. The van der Waals surface area contributed by atoms with Crippen LogP contribution in [0.25, 0.3) is 0 Å². The van der Waals surface area contributed by atoms with Gasteiger partial charge in [0.1, 0.15) is 0 Å². The molecular formula is C4H8ClNSn. The van der Waals surface area contributed by atoms with E-state index in [-0.39, 0.29) is 36.3 Å². The Morgan fingerprint density at radius 2 is 1.43 bits per heavy atom. The van der Waals surface area contributed by atoms with Crippen molar-refractivity contribution in [3.63, 3.8) is 0 Å². The van der Waals surface area contributed by atoms with Gasteiger partial charge in [0.05, 0.1) is 0 Å². The van der Waals surface area contributed by atoms with Gasteiger partial charge in [0, 0.05) is 12.4 Å². The van der Waals surface area contributed by atoms with E-state index in [0.29, 0.717) is 0 Å². The van der Waals surface area contributed by atoms with Crippen LogP contribution in [0.4, 0.5) is 0 Å². The van der Waals surface area contributed by atoms with Crippen LogP contribution in [0, 0.1) is 0 Å². The van der Waals surface area contributed by atoms with Gasteiger partial charge in [-0.3, -0.25) is 0 Å². The molecule has 1 aromatic rings. The van der Waals surface area contributed by atoms with Crippen molar-refractivity contribution in [1.29, 1.82) is 0 Å². The molecular weight excluding hydrogens is 216 g/mol. The average molecular weight is 224 g/mol. The molecule has 2 radical (unpaired) electrons. The van der Waals surface area contributed by atoms with Crippen LogP contribution in [0.2, 0.25) is 0 Å². The van der Waals surface area contributed by atoms with Gasteiger partial charge in [-0.2, -0.15) is 0 Å². The van der Waals surface area contributed by atoms with Crippen molar-refractivity contribution in [3.05, 3.63) is 24.5 Å². The smallest absolute Gasteiger partial charge is 0.000496 e. The van der Waals surface area contributed by atoms with Crippen LogP contribution in [0.5, 0.6) is 0 Å². The van der Waals surface area contributed by atoms with Crippen LogP contribution in [0.3, 0.4) is 0 Å². The third kappa shape index (κ3) is 4.22. The molecule has 0 bridgehead atoms. The van der Waals surface area contributed by atoms with Crippen molar-refractivity contribution >= 4 is 36.3 Å². The minimum absolute atomic E-state index is 0. The molecule has 0 aromatic carbocycles. The van der Waals surface area contributed by atoms with Crippen LogP contribution in [0.15, 0.2) is 24.5 Å². The van der Waals surface area contributed by atoms with Gasteiger partial charge < -0.3 is 4.98 Å². The molecule has 1 heterocycles. The zero-order valence-corrected chi connectivity index (χ0v) is 8.78. The summed E-state index contributed by atoms with van der Waals surface area (Å²) in [7, 11) is 0. The summed E-state index contributed by atoms with van der Waals surface area (Å²) in [6, 6.07) is 3.89. The summed E-state index contributed by atoms with van der Waals surface area (Å²) in [6.07, 6.45) is 3.75. The summed E-state index contributed by atoms with van der Waals surface area (Å²) < 4.78 is 0. The predicted octanol–water partition coefficient (Wildman–Crippen LogP) is 0.520. The topological polar surface area (TPSA) is 15.8 Å². The van der Waals surface area contributed by atoms with Crippen molar-refractivity contribution in [3.8, 4) is 0 Å². The summed E-state index contributed by atoms with van der Waals surface area (Å²) in [5.41, 5.74) is 0. The maximum absolute atomic E-state index is 2.86. The molecule has 0 amide bonds. The Hall–Kier alpha value is 0.369. The molecule has 0 unspecified atom stereocenters. The van der Waals surface area contributed by atoms with Crippen molar-refractivity contribution in [2.45, 2.75) is 0 Å². The second-order valence-electron chi connectivity index (χ2n) is 0.885. The van der Waals surface area contributed by atoms with E-state index in [1.807, 2.05) is 24.5 Å².